The number of para-hydroxylation sites is 1. The van der Waals surface area contributed by atoms with E-state index in [0.717, 1.165) is 29.7 Å². The summed E-state index contributed by atoms with van der Waals surface area (Å²) in [6, 6.07) is 5.95. The van der Waals surface area contributed by atoms with Gasteiger partial charge in [-0.15, -0.1) is 0 Å². The van der Waals surface area contributed by atoms with Crippen LogP contribution in [0.25, 0.3) is 0 Å². The van der Waals surface area contributed by atoms with E-state index in [0.29, 0.717) is 0 Å². The summed E-state index contributed by atoms with van der Waals surface area (Å²) in [4.78, 5) is 22.6. The lowest BCUT2D eigenvalue weighted by Gasteiger charge is -2.16. The zero-order valence-electron chi connectivity index (χ0n) is 11.7. The van der Waals surface area contributed by atoms with Gasteiger partial charge in [0.15, 0.2) is 0 Å². The average molecular weight is 263 g/mol. The zero-order valence-corrected chi connectivity index (χ0v) is 11.7. The highest BCUT2D eigenvalue weighted by Gasteiger charge is 2.18. The van der Waals surface area contributed by atoms with Crippen LogP contribution in [0.1, 0.15) is 38.3 Å². The lowest BCUT2D eigenvalue weighted by atomic mass is 10.0. The van der Waals surface area contributed by atoms with Crippen molar-refractivity contribution in [1.82, 2.24) is 0 Å². The van der Waals surface area contributed by atoms with Gasteiger partial charge in [-0.3, -0.25) is 9.59 Å². The lowest BCUT2D eigenvalue weighted by molar-refractivity contribution is -0.139. The highest BCUT2D eigenvalue weighted by atomic mass is 16.4. The predicted molar refractivity (Wildman–Crippen MR) is 75.2 cm³/mol. The van der Waals surface area contributed by atoms with Gasteiger partial charge < -0.3 is 10.4 Å². The number of carboxylic acid groups (broad SMARTS) is 1. The number of rotatable bonds is 6. The number of benzene rings is 1. The summed E-state index contributed by atoms with van der Waals surface area (Å²) in [6.07, 6.45) is 1.51. The Balaban J connectivity index is 2.92. The van der Waals surface area contributed by atoms with E-state index in [-0.39, 0.29) is 12.3 Å². The number of aliphatic carboxylic acids is 1. The van der Waals surface area contributed by atoms with Crippen LogP contribution in [0.5, 0.6) is 0 Å². The fourth-order valence-electron chi connectivity index (χ4n) is 2.00. The summed E-state index contributed by atoms with van der Waals surface area (Å²) in [5.41, 5.74) is 3.00. The van der Waals surface area contributed by atoms with Crippen LogP contribution in [0.4, 0.5) is 5.69 Å². The Hall–Kier alpha value is -1.84. The first-order valence-electron chi connectivity index (χ1n) is 6.63. The zero-order chi connectivity index (χ0) is 14.4. The number of aryl methyl sites for hydroxylation is 2. The maximum Gasteiger partial charge on any atom is 0.304 e. The third kappa shape index (κ3) is 4.09. The Morgan fingerprint density at radius 1 is 1.21 bits per heavy atom. The fourth-order valence-corrected chi connectivity index (χ4v) is 2.00. The van der Waals surface area contributed by atoms with Gasteiger partial charge >= 0.3 is 5.97 Å². The standard InChI is InChI=1S/C15H21NO3/c1-4-11-7-6-8-12(5-2)14(11)16-15(19)10(3)9-13(17)18/h6-8,10H,4-5,9H2,1-3H3,(H,16,19)(H,17,18). The Morgan fingerprint density at radius 3 is 2.16 bits per heavy atom. The van der Waals surface area contributed by atoms with Crippen LogP contribution in [0.15, 0.2) is 18.2 Å². The molecule has 0 radical (unpaired) electrons. The van der Waals surface area contributed by atoms with Gasteiger partial charge in [-0.25, -0.2) is 0 Å². The molecule has 1 atom stereocenters. The molecule has 4 nitrogen and oxygen atoms in total. The number of anilines is 1. The molecule has 104 valence electrons. The first-order valence-corrected chi connectivity index (χ1v) is 6.63. The van der Waals surface area contributed by atoms with E-state index in [1.165, 1.54) is 0 Å². The second-order valence-corrected chi connectivity index (χ2v) is 4.65. The summed E-state index contributed by atoms with van der Waals surface area (Å²) in [7, 11) is 0. The Bertz CT molecular complexity index is 446. The van der Waals surface area contributed by atoms with Crippen LogP contribution >= 0.6 is 0 Å². The molecule has 1 aromatic carbocycles. The van der Waals surface area contributed by atoms with Crippen LogP contribution < -0.4 is 5.32 Å². The molecule has 19 heavy (non-hydrogen) atoms. The van der Waals surface area contributed by atoms with Gasteiger partial charge in [0.1, 0.15) is 0 Å². The Labute approximate surface area is 113 Å². The van der Waals surface area contributed by atoms with E-state index in [1.807, 2.05) is 32.0 Å². The summed E-state index contributed by atoms with van der Waals surface area (Å²) < 4.78 is 0. The van der Waals surface area contributed by atoms with Crippen molar-refractivity contribution in [3.05, 3.63) is 29.3 Å². The minimum Gasteiger partial charge on any atom is -0.481 e. The second-order valence-electron chi connectivity index (χ2n) is 4.65. The first-order chi connectivity index (χ1) is 8.99. The van der Waals surface area contributed by atoms with E-state index in [1.54, 1.807) is 6.92 Å². The highest BCUT2D eigenvalue weighted by Crippen LogP contribution is 2.23. The molecule has 4 heteroatoms. The van der Waals surface area contributed by atoms with Gasteiger partial charge in [0.2, 0.25) is 5.91 Å². The maximum atomic E-state index is 12.0. The predicted octanol–water partition coefficient (Wildman–Crippen LogP) is 2.86. The molecule has 0 aliphatic rings. The molecule has 0 heterocycles. The smallest absolute Gasteiger partial charge is 0.304 e. The van der Waals surface area contributed by atoms with Crippen molar-refractivity contribution in [2.75, 3.05) is 5.32 Å². The van der Waals surface area contributed by atoms with E-state index in [2.05, 4.69) is 5.32 Å². The molecule has 0 aliphatic heterocycles. The van der Waals surface area contributed by atoms with Crippen molar-refractivity contribution in [1.29, 1.82) is 0 Å². The molecule has 0 aromatic heterocycles. The minimum absolute atomic E-state index is 0.151. The largest absolute Gasteiger partial charge is 0.481 e. The maximum absolute atomic E-state index is 12.0. The monoisotopic (exact) mass is 263 g/mol. The molecule has 0 aliphatic carbocycles. The summed E-state index contributed by atoms with van der Waals surface area (Å²) in [5.74, 6) is -1.73. The van der Waals surface area contributed by atoms with Gasteiger partial charge in [0, 0.05) is 11.6 Å². The molecular formula is C15H21NO3. The normalized spacial score (nSPS) is 11.9. The highest BCUT2D eigenvalue weighted by molar-refractivity contribution is 5.95. The van der Waals surface area contributed by atoms with Crippen molar-refractivity contribution in [2.24, 2.45) is 5.92 Å². The Kier molecular flexibility index (Phi) is 5.55. The van der Waals surface area contributed by atoms with Crippen molar-refractivity contribution >= 4 is 17.6 Å². The van der Waals surface area contributed by atoms with E-state index >= 15 is 0 Å². The molecule has 1 amide bonds. The van der Waals surface area contributed by atoms with Gasteiger partial charge in [-0.1, -0.05) is 39.0 Å². The Morgan fingerprint density at radius 2 is 1.74 bits per heavy atom. The topological polar surface area (TPSA) is 66.4 Å². The van der Waals surface area contributed by atoms with Gasteiger partial charge in [0.25, 0.3) is 0 Å². The molecule has 1 unspecified atom stereocenters. The number of hydrogen-bond acceptors (Lipinski definition) is 2. The van der Waals surface area contributed by atoms with Gasteiger partial charge in [0.05, 0.1) is 6.42 Å². The van der Waals surface area contributed by atoms with Crippen molar-refractivity contribution < 1.29 is 14.7 Å². The third-order valence-electron chi connectivity index (χ3n) is 3.18. The van der Waals surface area contributed by atoms with E-state index < -0.39 is 11.9 Å². The SMILES string of the molecule is CCc1cccc(CC)c1NC(=O)C(C)CC(=O)O. The van der Waals surface area contributed by atoms with E-state index in [9.17, 15) is 9.59 Å². The molecule has 0 fully saturated rings. The molecule has 0 saturated heterocycles. The first kappa shape index (κ1) is 15.2. The quantitative estimate of drug-likeness (QED) is 0.829. The summed E-state index contributed by atoms with van der Waals surface area (Å²) in [5, 5.41) is 11.6. The van der Waals surface area contributed by atoms with Crippen molar-refractivity contribution in [2.45, 2.75) is 40.0 Å². The third-order valence-corrected chi connectivity index (χ3v) is 3.18. The van der Waals surface area contributed by atoms with Crippen molar-refractivity contribution in [3.8, 4) is 0 Å². The van der Waals surface area contributed by atoms with Crippen LogP contribution in [0.2, 0.25) is 0 Å². The van der Waals surface area contributed by atoms with Crippen LogP contribution in [-0.4, -0.2) is 17.0 Å². The number of hydrogen-bond donors (Lipinski definition) is 2. The minimum atomic E-state index is -0.956. The summed E-state index contributed by atoms with van der Waals surface area (Å²) >= 11 is 0. The molecule has 0 spiro atoms. The molecule has 2 N–H and O–H groups in total. The molecule has 0 bridgehead atoms. The van der Waals surface area contributed by atoms with Gasteiger partial charge in [-0.05, 0) is 24.0 Å². The number of carbonyl (C=O) groups excluding carboxylic acids is 1. The lowest BCUT2D eigenvalue weighted by Crippen LogP contribution is -2.24. The van der Waals surface area contributed by atoms with Gasteiger partial charge in [-0.2, -0.15) is 0 Å². The van der Waals surface area contributed by atoms with Crippen molar-refractivity contribution in [3.63, 3.8) is 0 Å². The van der Waals surface area contributed by atoms with Crippen LogP contribution in [-0.2, 0) is 22.4 Å². The fraction of sp³-hybridized carbons (Fsp3) is 0.467. The molecule has 1 aromatic rings. The number of nitrogens with one attached hydrogen (secondary N) is 1. The molecular weight excluding hydrogens is 242 g/mol. The van der Waals surface area contributed by atoms with Crippen LogP contribution in [0.3, 0.4) is 0 Å². The van der Waals surface area contributed by atoms with E-state index in [4.69, 9.17) is 5.11 Å². The summed E-state index contributed by atoms with van der Waals surface area (Å²) in [6.45, 7) is 5.69. The number of carboxylic acids is 1. The van der Waals surface area contributed by atoms with Crippen LogP contribution in [0, 0.1) is 5.92 Å². The number of amides is 1. The number of carbonyl (C=O) groups is 2. The molecule has 0 saturated carbocycles. The average Bonchev–Trinajstić information content (AvgIpc) is 2.37. The second kappa shape index (κ2) is 6.92. The molecule has 1 rings (SSSR count).